The topological polar surface area (TPSA) is 68.1 Å². The number of rotatable bonds is 3. The Morgan fingerprint density at radius 3 is 2.53 bits per heavy atom. The Bertz CT molecular complexity index is 662. The molecule has 19 heavy (non-hydrogen) atoms. The highest BCUT2D eigenvalue weighted by molar-refractivity contribution is 6.32. The van der Waals surface area contributed by atoms with Crippen molar-refractivity contribution < 1.29 is 4.74 Å². The third kappa shape index (κ3) is 2.91. The summed E-state index contributed by atoms with van der Waals surface area (Å²) in [6.45, 7) is 5.61. The van der Waals surface area contributed by atoms with E-state index in [-0.39, 0.29) is 17.7 Å². The van der Waals surface area contributed by atoms with E-state index in [0.29, 0.717) is 21.9 Å². The smallest absolute Gasteiger partial charge is 0.253 e. The number of hydrogen-bond donors (Lipinski definition) is 2. The average molecular weight is 281 g/mol. The first-order chi connectivity index (χ1) is 8.88. The van der Waals surface area contributed by atoms with Crippen LogP contribution in [-0.2, 0) is 0 Å². The molecule has 0 amide bonds. The van der Waals surface area contributed by atoms with E-state index in [1.807, 2.05) is 13.8 Å². The molecule has 0 aliphatic heterocycles. The Hall–Kier alpha value is -1.52. The zero-order valence-electron chi connectivity index (χ0n) is 11.2. The van der Waals surface area contributed by atoms with Crippen LogP contribution in [0.4, 0.5) is 0 Å². The van der Waals surface area contributed by atoms with Gasteiger partial charge in [0.05, 0.1) is 16.6 Å². The molecule has 0 saturated heterocycles. The van der Waals surface area contributed by atoms with Gasteiger partial charge in [0, 0.05) is 23.1 Å². The van der Waals surface area contributed by atoms with Gasteiger partial charge >= 0.3 is 0 Å². The summed E-state index contributed by atoms with van der Waals surface area (Å²) in [4.78, 5) is 14.7. The molecular weight excluding hydrogens is 264 g/mol. The molecule has 1 unspecified atom stereocenters. The predicted octanol–water partition coefficient (Wildman–Crippen LogP) is 2.99. The molecule has 3 N–H and O–H groups in total. The molecule has 1 aromatic carbocycles. The normalized spacial score (nSPS) is 12.9. The fourth-order valence-electron chi connectivity index (χ4n) is 1.91. The zero-order valence-corrected chi connectivity index (χ0v) is 11.9. The lowest BCUT2D eigenvalue weighted by Gasteiger charge is -2.13. The van der Waals surface area contributed by atoms with Gasteiger partial charge in [0.1, 0.15) is 5.75 Å². The van der Waals surface area contributed by atoms with Crippen LogP contribution in [0.25, 0.3) is 10.9 Å². The minimum absolute atomic E-state index is 0.0185. The van der Waals surface area contributed by atoms with Crippen LogP contribution in [0.5, 0.6) is 5.75 Å². The average Bonchev–Trinajstić information content (AvgIpc) is 2.29. The minimum atomic E-state index is -0.321. The Balaban J connectivity index is 2.62. The van der Waals surface area contributed by atoms with Gasteiger partial charge in [-0.1, -0.05) is 11.6 Å². The molecule has 0 saturated carbocycles. The summed E-state index contributed by atoms with van der Waals surface area (Å²) in [6, 6.07) is 4.96. The van der Waals surface area contributed by atoms with E-state index in [0.717, 1.165) is 5.39 Å². The molecule has 1 aromatic heterocycles. The van der Waals surface area contributed by atoms with Crippen molar-refractivity contribution in [3.8, 4) is 5.75 Å². The molecule has 0 aliphatic rings. The minimum Gasteiger partial charge on any atom is -0.489 e. The highest BCUT2D eigenvalue weighted by atomic mass is 35.5. The number of benzene rings is 1. The van der Waals surface area contributed by atoms with Crippen molar-refractivity contribution in [3.63, 3.8) is 0 Å². The summed E-state index contributed by atoms with van der Waals surface area (Å²) in [5.41, 5.74) is 6.81. The Labute approximate surface area is 116 Å². The monoisotopic (exact) mass is 280 g/mol. The maximum Gasteiger partial charge on any atom is 0.253 e. The second kappa shape index (κ2) is 5.23. The largest absolute Gasteiger partial charge is 0.489 e. The molecule has 2 aromatic rings. The lowest BCUT2D eigenvalue weighted by atomic mass is 10.1. The summed E-state index contributed by atoms with van der Waals surface area (Å²) in [5.74, 6) is 0.563. The van der Waals surface area contributed by atoms with Gasteiger partial charge in [-0.3, -0.25) is 4.79 Å². The molecular formula is C14H17ClN2O2. The zero-order chi connectivity index (χ0) is 14.2. The second-order valence-electron chi connectivity index (χ2n) is 4.88. The van der Waals surface area contributed by atoms with Crippen molar-refractivity contribution >= 4 is 22.5 Å². The highest BCUT2D eigenvalue weighted by Crippen LogP contribution is 2.30. The van der Waals surface area contributed by atoms with Gasteiger partial charge in [-0.05, 0) is 32.9 Å². The van der Waals surface area contributed by atoms with Crippen molar-refractivity contribution in [1.82, 2.24) is 4.98 Å². The standard InChI is InChI=1S/C14H17ClN2O2/c1-7(2)19-13-6-12-9(5-11(13)15)4-10(8(3)16)14(18)17-12/h4-8H,16H2,1-3H3,(H,17,18). The molecule has 102 valence electrons. The van der Waals surface area contributed by atoms with E-state index in [2.05, 4.69) is 4.98 Å². The first-order valence-corrected chi connectivity index (χ1v) is 6.55. The molecule has 0 fully saturated rings. The van der Waals surface area contributed by atoms with Gasteiger partial charge in [0.25, 0.3) is 5.56 Å². The molecule has 1 heterocycles. The number of pyridine rings is 1. The maximum atomic E-state index is 11.9. The van der Waals surface area contributed by atoms with Crippen LogP contribution in [0.2, 0.25) is 5.02 Å². The first-order valence-electron chi connectivity index (χ1n) is 6.17. The highest BCUT2D eigenvalue weighted by Gasteiger charge is 2.11. The van der Waals surface area contributed by atoms with Gasteiger partial charge in [0.15, 0.2) is 0 Å². The fourth-order valence-corrected chi connectivity index (χ4v) is 2.12. The van der Waals surface area contributed by atoms with Crippen molar-refractivity contribution in [3.05, 3.63) is 39.1 Å². The fraction of sp³-hybridized carbons (Fsp3) is 0.357. The van der Waals surface area contributed by atoms with Crippen LogP contribution in [-0.4, -0.2) is 11.1 Å². The first kappa shape index (κ1) is 13.9. The quantitative estimate of drug-likeness (QED) is 0.908. The van der Waals surface area contributed by atoms with Gasteiger partial charge in [-0.25, -0.2) is 0 Å². The summed E-state index contributed by atoms with van der Waals surface area (Å²) < 4.78 is 5.59. The van der Waals surface area contributed by atoms with E-state index in [9.17, 15) is 4.79 Å². The Morgan fingerprint density at radius 2 is 1.95 bits per heavy atom. The summed E-state index contributed by atoms with van der Waals surface area (Å²) in [7, 11) is 0. The van der Waals surface area contributed by atoms with Crippen LogP contribution in [0.3, 0.4) is 0 Å². The molecule has 5 heteroatoms. The number of aromatic amines is 1. The van der Waals surface area contributed by atoms with Crippen LogP contribution in [0, 0.1) is 0 Å². The van der Waals surface area contributed by atoms with E-state index in [1.54, 1.807) is 25.1 Å². The molecule has 0 aliphatic carbocycles. The van der Waals surface area contributed by atoms with E-state index < -0.39 is 0 Å². The van der Waals surface area contributed by atoms with Crippen molar-refractivity contribution in [1.29, 1.82) is 0 Å². The van der Waals surface area contributed by atoms with Gasteiger partial charge in [-0.15, -0.1) is 0 Å². The van der Waals surface area contributed by atoms with E-state index >= 15 is 0 Å². The summed E-state index contributed by atoms with van der Waals surface area (Å²) in [6.07, 6.45) is 0.0185. The van der Waals surface area contributed by atoms with Crippen molar-refractivity contribution in [2.45, 2.75) is 32.9 Å². The molecule has 4 nitrogen and oxygen atoms in total. The third-order valence-corrected chi connectivity index (χ3v) is 3.07. The molecule has 0 bridgehead atoms. The molecule has 0 radical (unpaired) electrons. The summed E-state index contributed by atoms with van der Waals surface area (Å²) >= 11 is 6.17. The number of fused-ring (bicyclic) bond motifs is 1. The Morgan fingerprint density at radius 1 is 1.26 bits per heavy atom. The van der Waals surface area contributed by atoms with Gasteiger partial charge in [0.2, 0.25) is 0 Å². The van der Waals surface area contributed by atoms with Crippen molar-refractivity contribution in [2.24, 2.45) is 5.73 Å². The third-order valence-electron chi connectivity index (χ3n) is 2.78. The SMILES string of the molecule is CC(C)Oc1cc2[nH]c(=O)c(C(C)N)cc2cc1Cl. The van der Waals surface area contributed by atoms with Crippen LogP contribution in [0.15, 0.2) is 23.0 Å². The lowest BCUT2D eigenvalue weighted by molar-refractivity contribution is 0.243. The number of halogens is 1. The van der Waals surface area contributed by atoms with Crippen LogP contribution in [0.1, 0.15) is 32.4 Å². The second-order valence-corrected chi connectivity index (χ2v) is 5.29. The summed E-state index contributed by atoms with van der Waals surface area (Å²) in [5, 5.41) is 1.36. The number of aromatic nitrogens is 1. The number of H-pyrrole nitrogens is 1. The van der Waals surface area contributed by atoms with Crippen LogP contribution >= 0.6 is 11.6 Å². The van der Waals surface area contributed by atoms with E-state index in [1.165, 1.54) is 0 Å². The van der Waals surface area contributed by atoms with Gasteiger partial charge in [-0.2, -0.15) is 0 Å². The maximum absolute atomic E-state index is 11.9. The predicted molar refractivity (Wildman–Crippen MR) is 77.9 cm³/mol. The van der Waals surface area contributed by atoms with Crippen molar-refractivity contribution in [2.75, 3.05) is 0 Å². The van der Waals surface area contributed by atoms with Crippen LogP contribution < -0.4 is 16.0 Å². The van der Waals surface area contributed by atoms with E-state index in [4.69, 9.17) is 22.1 Å². The lowest BCUT2D eigenvalue weighted by Crippen LogP contribution is -2.19. The number of nitrogens with one attached hydrogen (secondary N) is 1. The Kier molecular flexibility index (Phi) is 3.83. The molecule has 2 rings (SSSR count). The number of hydrogen-bond acceptors (Lipinski definition) is 3. The van der Waals surface area contributed by atoms with Gasteiger partial charge < -0.3 is 15.5 Å². The number of nitrogens with two attached hydrogens (primary N) is 1. The molecule has 1 atom stereocenters. The number of ether oxygens (including phenoxy) is 1. The molecule has 0 spiro atoms.